The molecular weight excluding hydrogens is 292 g/mol. The Labute approximate surface area is 124 Å². The van der Waals surface area contributed by atoms with Crippen LogP contribution in [-0.4, -0.2) is 30.6 Å². The van der Waals surface area contributed by atoms with Crippen LogP contribution in [0.15, 0.2) is 17.2 Å². The Morgan fingerprint density at radius 1 is 1.33 bits per heavy atom. The molecule has 0 saturated heterocycles. The summed E-state index contributed by atoms with van der Waals surface area (Å²) in [6.45, 7) is 0.413. The second-order valence-corrected chi connectivity index (χ2v) is 7.75. The van der Waals surface area contributed by atoms with Gasteiger partial charge in [-0.05, 0) is 37.7 Å². The van der Waals surface area contributed by atoms with Crippen LogP contribution in [0.1, 0.15) is 55.1 Å². The van der Waals surface area contributed by atoms with Crippen molar-refractivity contribution < 1.29 is 18.3 Å². The van der Waals surface area contributed by atoms with Crippen LogP contribution in [0.2, 0.25) is 0 Å². The lowest BCUT2D eigenvalue weighted by molar-refractivity contribution is 0.0685. The van der Waals surface area contributed by atoms with E-state index in [4.69, 9.17) is 5.11 Å². The van der Waals surface area contributed by atoms with Crippen molar-refractivity contribution in [2.45, 2.75) is 49.5 Å². The zero-order valence-corrected chi connectivity index (χ0v) is 12.6. The molecule has 21 heavy (non-hydrogen) atoms. The van der Waals surface area contributed by atoms with Crippen LogP contribution in [0, 0.1) is 5.92 Å². The van der Waals surface area contributed by atoms with Crippen molar-refractivity contribution in [3.05, 3.63) is 18.0 Å². The van der Waals surface area contributed by atoms with Crippen LogP contribution in [0.25, 0.3) is 0 Å². The van der Waals surface area contributed by atoms with Crippen LogP contribution in [0.3, 0.4) is 0 Å². The summed E-state index contributed by atoms with van der Waals surface area (Å²) in [7, 11) is -3.61. The number of aromatic nitrogens is 1. The van der Waals surface area contributed by atoms with E-state index in [2.05, 4.69) is 4.72 Å². The fourth-order valence-corrected chi connectivity index (χ4v) is 3.61. The van der Waals surface area contributed by atoms with Gasteiger partial charge in [0, 0.05) is 18.8 Å². The van der Waals surface area contributed by atoms with Gasteiger partial charge in [0.25, 0.3) is 0 Å². The first kappa shape index (κ1) is 14.6. The van der Waals surface area contributed by atoms with Gasteiger partial charge in [-0.3, -0.25) is 0 Å². The average Bonchev–Trinajstić information content (AvgIpc) is 3.34. The normalized spacial score (nSPS) is 18.9. The number of sulfonamides is 1. The first-order chi connectivity index (χ1) is 9.97. The van der Waals surface area contributed by atoms with Crippen LogP contribution < -0.4 is 4.72 Å². The predicted octanol–water partition coefficient (Wildman–Crippen LogP) is 1.99. The molecule has 0 amide bonds. The summed E-state index contributed by atoms with van der Waals surface area (Å²) in [4.78, 5) is 11.3. The lowest BCUT2D eigenvalue weighted by Gasteiger charge is -2.04. The molecule has 3 rings (SSSR count). The lowest BCUT2D eigenvalue weighted by Crippen LogP contribution is -2.24. The molecule has 2 aliphatic carbocycles. The zero-order chi connectivity index (χ0) is 15.0. The predicted molar refractivity (Wildman–Crippen MR) is 76.8 cm³/mol. The van der Waals surface area contributed by atoms with Crippen molar-refractivity contribution in [3.63, 3.8) is 0 Å². The summed E-state index contributed by atoms with van der Waals surface area (Å²) >= 11 is 0. The number of nitrogens with one attached hydrogen (secondary N) is 1. The Kier molecular flexibility index (Phi) is 3.79. The fraction of sp³-hybridized carbons (Fsp3) is 0.643. The van der Waals surface area contributed by atoms with Gasteiger partial charge in [-0.25, -0.2) is 17.9 Å². The summed E-state index contributed by atoms with van der Waals surface area (Å²) in [5, 5.41) is 9.17. The molecule has 0 unspecified atom stereocenters. The van der Waals surface area contributed by atoms with Gasteiger partial charge in [-0.15, -0.1) is 0 Å². The number of rotatable bonds is 8. The molecule has 1 aromatic heterocycles. The van der Waals surface area contributed by atoms with Crippen LogP contribution >= 0.6 is 0 Å². The standard InChI is InChI=1S/C14H20N2O4S/c17-14(18)13-8-12(9-16(13)11-5-6-11)21(19,20)15-7-1-2-10-3-4-10/h8-11,15H,1-7H2,(H,17,18). The molecule has 1 heterocycles. The van der Waals surface area contributed by atoms with Gasteiger partial charge in [-0.1, -0.05) is 12.8 Å². The summed E-state index contributed by atoms with van der Waals surface area (Å²) in [5.41, 5.74) is 0.0517. The Bertz CT molecular complexity index is 642. The molecule has 6 nitrogen and oxygen atoms in total. The van der Waals surface area contributed by atoms with E-state index in [9.17, 15) is 13.2 Å². The van der Waals surface area contributed by atoms with E-state index in [1.807, 2.05) is 0 Å². The number of nitrogens with zero attached hydrogens (tertiary/aromatic N) is 1. The van der Waals surface area contributed by atoms with Gasteiger partial charge in [0.1, 0.15) is 10.6 Å². The van der Waals surface area contributed by atoms with Crippen LogP contribution in [0.4, 0.5) is 0 Å². The molecule has 0 bridgehead atoms. The number of carboxylic acids is 1. The van der Waals surface area contributed by atoms with Crippen LogP contribution in [-0.2, 0) is 10.0 Å². The van der Waals surface area contributed by atoms with Gasteiger partial charge in [-0.2, -0.15) is 0 Å². The summed E-state index contributed by atoms with van der Waals surface area (Å²) in [6, 6.07) is 1.39. The minimum absolute atomic E-state index is 0.0517. The smallest absolute Gasteiger partial charge is 0.352 e. The van der Waals surface area contributed by atoms with Crippen molar-refractivity contribution in [2.24, 2.45) is 5.92 Å². The van der Waals surface area contributed by atoms with E-state index in [1.165, 1.54) is 25.1 Å². The highest BCUT2D eigenvalue weighted by Gasteiger charge is 2.30. The minimum Gasteiger partial charge on any atom is -0.477 e. The largest absolute Gasteiger partial charge is 0.477 e. The number of hydrogen-bond acceptors (Lipinski definition) is 3. The van der Waals surface area contributed by atoms with Gasteiger partial charge >= 0.3 is 5.97 Å². The summed E-state index contributed by atoms with van der Waals surface area (Å²) in [5.74, 6) is -0.304. The summed E-state index contributed by atoms with van der Waals surface area (Å²) < 4.78 is 28.5. The maximum Gasteiger partial charge on any atom is 0.352 e. The molecule has 116 valence electrons. The van der Waals surface area contributed by atoms with E-state index in [0.717, 1.165) is 31.6 Å². The van der Waals surface area contributed by atoms with Crippen molar-refractivity contribution >= 4 is 16.0 Å². The molecule has 2 fully saturated rings. The first-order valence-corrected chi connectivity index (χ1v) is 8.90. The maximum atomic E-state index is 12.2. The topological polar surface area (TPSA) is 88.4 Å². The van der Waals surface area contributed by atoms with E-state index < -0.39 is 16.0 Å². The number of hydrogen-bond donors (Lipinski definition) is 2. The van der Waals surface area contributed by atoms with E-state index in [-0.39, 0.29) is 16.6 Å². The molecule has 2 N–H and O–H groups in total. The van der Waals surface area contributed by atoms with E-state index >= 15 is 0 Å². The van der Waals surface area contributed by atoms with Crippen LogP contribution in [0.5, 0.6) is 0 Å². The second-order valence-electron chi connectivity index (χ2n) is 5.99. The van der Waals surface area contributed by atoms with Crippen molar-refractivity contribution in [1.82, 2.24) is 9.29 Å². The maximum absolute atomic E-state index is 12.2. The molecule has 2 aliphatic rings. The first-order valence-electron chi connectivity index (χ1n) is 7.42. The number of carboxylic acid groups (broad SMARTS) is 1. The van der Waals surface area contributed by atoms with Crippen molar-refractivity contribution in [3.8, 4) is 0 Å². The molecule has 2 saturated carbocycles. The zero-order valence-electron chi connectivity index (χ0n) is 11.8. The van der Waals surface area contributed by atoms with Gasteiger partial charge in [0.15, 0.2) is 0 Å². The molecule has 0 radical (unpaired) electrons. The van der Waals surface area contributed by atoms with Crippen molar-refractivity contribution in [1.29, 1.82) is 0 Å². The minimum atomic E-state index is -3.61. The Morgan fingerprint density at radius 3 is 2.62 bits per heavy atom. The quantitative estimate of drug-likeness (QED) is 0.719. The third-order valence-electron chi connectivity index (χ3n) is 4.07. The SMILES string of the molecule is O=C(O)c1cc(S(=O)(=O)NCCCC2CC2)cn1C1CC1. The molecule has 0 spiro atoms. The monoisotopic (exact) mass is 312 g/mol. The van der Waals surface area contributed by atoms with Gasteiger partial charge < -0.3 is 9.67 Å². The highest BCUT2D eigenvalue weighted by Crippen LogP contribution is 2.37. The molecule has 7 heteroatoms. The van der Waals surface area contributed by atoms with E-state index in [1.54, 1.807) is 4.57 Å². The highest BCUT2D eigenvalue weighted by atomic mass is 32.2. The number of carbonyl (C=O) groups is 1. The average molecular weight is 312 g/mol. The van der Waals surface area contributed by atoms with E-state index in [0.29, 0.717) is 6.54 Å². The molecule has 0 aliphatic heterocycles. The highest BCUT2D eigenvalue weighted by molar-refractivity contribution is 7.89. The third kappa shape index (κ3) is 3.47. The Hall–Kier alpha value is -1.34. The number of aromatic carboxylic acids is 1. The lowest BCUT2D eigenvalue weighted by atomic mass is 10.2. The molecule has 0 aromatic carbocycles. The molecule has 0 atom stereocenters. The fourth-order valence-electron chi connectivity index (χ4n) is 2.51. The molecular formula is C14H20N2O4S. The Balaban J connectivity index is 1.68. The Morgan fingerprint density at radius 2 is 2.05 bits per heavy atom. The summed E-state index contributed by atoms with van der Waals surface area (Å²) in [6.07, 6.45) is 7.68. The second kappa shape index (κ2) is 5.46. The van der Waals surface area contributed by atoms with Crippen molar-refractivity contribution in [2.75, 3.05) is 6.54 Å². The molecule has 1 aromatic rings. The van der Waals surface area contributed by atoms with Gasteiger partial charge in [0.05, 0.1) is 0 Å². The van der Waals surface area contributed by atoms with Gasteiger partial charge in [0.2, 0.25) is 10.0 Å². The third-order valence-corrected chi connectivity index (χ3v) is 5.50.